The van der Waals surface area contributed by atoms with E-state index in [9.17, 15) is 8.42 Å². The minimum Gasteiger partial charge on any atom is -0.355 e. The van der Waals surface area contributed by atoms with Gasteiger partial charge in [0.05, 0.1) is 11.5 Å². The van der Waals surface area contributed by atoms with Crippen LogP contribution in [0.4, 0.5) is 11.6 Å². The zero-order valence-electron chi connectivity index (χ0n) is 11.9. The Morgan fingerprint density at radius 2 is 2.05 bits per heavy atom. The summed E-state index contributed by atoms with van der Waals surface area (Å²) >= 11 is 0. The summed E-state index contributed by atoms with van der Waals surface area (Å²) in [5.74, 6) is 7.98. The van der Waals surface area contributed by atoms with Crippen molar-refractivity contribution < 1.29 is 8.42 Å². The van der Waals surface area contributed by atoms with E-state index >= 15 is 0 Å². The van der Waals surface area contributed by atoms with Gasteiger partial charge < -0.3 is 10.3 Å². The number of nitrogens with zero attached hydrogens (tertiary/aromatic N) is 3. The molecule has 0 atom stereocenters. The highest BCUT2D eigenvalue weighted by atomic mass is 32.2. The standard InChI is InChI=1S/C12H21N5O2S/c1-3-10-14-11(16-13)9(2)12(15-10)17-5-4-7-20(18,19)8-6-17/h3-8,13H2,1-2H3,(H,14,15,16). The molecule has 0 spiro atoms. The molecule has 0 amide bonds. The van der Waals surface area contributed by atoms with Crippen molar-refractivity contribution in [3.63, 3.8) is 0 Å². The van der Waals surface area contributed by atoms with Crippen molar-refractivity contribution in [2.24, 2.45) is 5.84 Å². The molecule has 0 bridgehead atoms. The fourth-order valence-corrected chi connectivity index (χ4v) is 3.58. The van der Waals surface area contributed by atoms with Gasteiger partial charge in [-0.25, -0.2) is 24.2 Å². The van der Waals surface area contributed by atoms with Gasteiger partial charge >= 0.3 is 0 Å². The zero-order chi connectivity index (χ0) is 14.8. The Bertz CT molecular complexity index is 588. The van der Waals surface area contributed by atoms with Crippen LogP contribution in [0.3, 0.4) is 0 Å². The minimum atomic E-state index is -2.93. The Balaban J connectivity index is 2.36. The third-order valence-electron chi connectivity index (χ3n) is 3.47. The molecule has 7 nitrogen and oxygen atoms in total. The molecule has 3 N–H and O–H groups in total. The summed E-state index contributed by atoms with van der Waals surface area (Å²) < 4.78 is 23.4. The number of hydrazine groups is 1. The summed E-state index contributed by atoms with van der Waals surface area (Å²) in [6, 6.07) is 0. The van der Waals surface area contributed by atoms with Crippen LogP contribution in [-0.4, -0.2) is 43.0 Å². The van der Waals surface area contributed by atoms with Gasteiger partial charge in [-0.1, -0.05) is 6.92 Å². The second-order valence-electron chi connectivity index (χ2n) is 4.93. The maximum atomic E-state index is 11.7. The third-order valence-corrected chi connectivity index (χ3v) is 5.19. The van der Waals surface area contributed by atoms with E-state index in [1.165, 1.54) is 0 Å². The Hall–Kier alpha value is -1.41. The van der Waals surface area contributed by atoms with E-state index in [0.717, 1.165) is 11.4 Å². The quantitative estimate of drug-likeness (QED) is 0.609. The molecule has 8 heteroatoms. The van der Waals surface area contributed by atoms with Crippen molar-refractivity contribution in [2.45, 2.75) is 26.7 Å². The summed E-state index contributed by atoms with van der Waals surface area (Å²) in [6.07, 6.45) is 1.33. The number of sulfone groups is 1. The van der Waals surface area contributed by atoms with E-state index < -0.39 is 9.84 Å². The molecular formula is C12H21N5O2S. The number of nitrogen functional groups attached to an aromatic ring is 1. The topological polar surface area (TPSA) is 101 Å². The highest BCUT2D eigenvalue weighted by Gasteiger charge is 2.22. The molecular weight excluding hydrogens is 278 g/mol. The number of aryl methyl sites for hydroxylation is 1. The van der Waals surface area contributed by atoms with Gasteiger partial charge in [0.1, 0.15) is 17.5 Å². The van der Waals surface area contributed by atoms with Gasteiger partial charge in [0.15, 0.2) is 9.84 Å². The molecule has 1 fully saturated rings. The second kappa shape index (κ2) is 5.92. The molecule has 1 aliphatic rings. The van der Waals surface area contributed by atoms with Gasteiger partial charge in [-0.05, 0) is 13.3 Å². The van der Waals surface area contributed by atoms with E-state index in [2.05, 4.69) is 15.4 Å². The molecule has 20 heavy (non-hydrogen) atoms. The van der Waals surface area contributed by atoms with Gasteiger partial charge in [-0.15, -0.1) is 0 Å². The van der Waals surface area contributed by atoms with Gasteiger partial charge in [0.25, 0.3) is 0 Å². The first-order valence-corrected chi connectivity index (χ1v) is 8.58. The first kappa shape index (κ1) is 15.0. The normalized spacial score (nSPS) is 18.6. The minimum absolute atomic E-state index is 0.170. The number of rotatable bonds is 3. The van der Waals surface area contributed by atoms with Crippen LogP contribution >= 0.6 is 0 Å². The molecule has 1 saturated heterocycles. The molecule has 2 heterocycles. The van der Waals surface area contributed by atoms with Crippen LogP contribution in [0.15, 0.2) is 0 Å². The van der Waals surface area contributed by atoms with E-state index in [4.69, 9.17) is 5.84 Å². The first-order valence-electron chi connectivity index (χ1n) is 6.76. The van der Waals surface area contributed by atoms with Crippen LogP contribution in [0.1, 0.15) is 24.7 Å². The van der Waals surface area contributed by atoms with Crippen molar-refractivity contribution in [1.82, 2.24) is 9.97 Å². The average molecular weight is 299 g/mol. The Labute approximate surface area is 119 Å². The predicted octanol–water partition coefficient (Wildman–Crippen LogP) is 0.258. The Morgan fingerprint density at radius 1 is 1.30 bits per heavy atom. The van der Waals surface area contributed by atoms with Crippen LogP contribution in [-0.2, 0) is 16.3 Å². The van der Waals surface area contributed by atoms with Crippen molar-refractivity contribution in [3.8, 4) is 0 Å². The van der Waals surface area contributed by atoms with E-state index in [1.807, 2.05) is 18.7 Å². The van der Waals surface area contributed by atoms with E-state index in [0.29, 0.717) is 37.6 Å². The number of anilines is 2. The first-order chi connectivity index (χ1) is 9.46. The molecule has 0 saturated carbocycles. The molecule has 1 aliphatic heterocycles. The van der Waals surface area contributed by atoms with Gasteiger partial charge in [-0.3, -0.25) is 0 Å². The van der Waals surface area contributed by atoms with E-state index in [-0.39, 0.29) is 11.5 Å². The van der Waals surface area contributed by atoms with Crippen LogP contribution < -0.4 is 16.2 Å². The maximum absolute atomic E-state index is 11.7. The van der Waals surface area contributed by atoms with Crippen LogP contribution in [0.2, 0.25) is 0 Å². The molecule has 0 aliphatic carbocycles. The number of hydrogen-bond acceptors (Lipinski definition) is 7. The fourth-order valence-electron chi connectivity index (χ4n) is 2.31. The lowest BCUT2D eigenvalue weighted by Gasteiger charge is -2.24. The van der Waals surface area contributed by atoms with Crippen molar-refractivity contribution in [2.75, 3.05) is 34.9 Å². The number of hydrogen-bond donors (Lipinski definition) is 2. The molecule has 1 aromatic rings. The lowest BCUT2D eigenvalue weighted by Crippen LogP contribution is -2.29. The molecule has 2 rings (SSSR count). The SMILES string of the molecule is CCc1nc(NN)c(C)c(N2CCCS(=O)(=O)CC2)n1. The smallest absolute Gasteiger partial charge is 0.152 e. The van der Waals surface area contributed by atoms with Crippen LogP contribution in [0.25, 0.3) is 0 Å². The zero-order valence-corrected chi connectivity index (χ0v) is 12.7. The summed E-state index contributed by atoms with van der Waals surface area (Å²) in [5, 5.41) is 0. The highest BCUT2D eigenvalue weighted by Crippen LogP contribution is 2.24. The summed E-state index contributed by atoms with van der Waals surface area (Å²) in [7, 11) is -2.93. The summed E-state index contributed by atoms with van der Waals surface area (Å²) in [5.41, 5.74) is 3.44. The van der Waals surface area contributed by atoms with Crippen molar-refractivity contribution >= 4 is 21.5 Å². The fraction of sp³-hybridized carbons (Fsp3) is 0.667. The maximum Gasteiger partial charge on any atom is 0.152 e. The number of nitrogens with one attached hydrogen (secondary N) is 1. The predicted molar refractivity (Wildman–Crippen MR) is 79.4 cm³/mol. The Morgan fingerprint density at radius 3 is 2.70 bits per heavy atom. The van der Waals surface area contributed by atoms with Crippen LogP contribution in [0, 0.1) is 6.92 Å². The van der Waals surface area contributed by atoms with Crippen LogP contribution in [0.5, 0.6) is 0 Å². The van der Waals surface area contributed by atoms with Gasteiger partial charge in [0, 0.05) is 25.1 Å². The molecule has 0 unspecified atom stereocenters. The Kier molecular flexibility index (Phi) is 4.44. The molecule has 1 aromatic heterocycles. The van der Waals surface area contributed by atoms with Gasteiger partial charge in [-0.2, -0.15) is 0 Å². The average Bonchev–Trinajstić information content (AvgIpc) is 2.60. The lowest BCUT2D eigenvalue weighted by molar-refractivity contribution is 0.597. The monoisotopic (exact) mass is 299 g/mol. The largest absolute Gasteiger partial charge is 0.355 e. The van der Waals surface area contributed by atoms with E-state index in [1.54, 1.807) is 0 Å². The summed E-state index contributed by atoms with van der Waals surface area (Å²) in [4.78, 5) is 10.9. The van der Waals surface area contributed by atoms with Crippen molar-refractivity contribution in [1.29, 1.82) is 0 Å². The lowest BCUT2D eigenvalue weighted by atomic mass is 10.2. The third kappa shape index (κ3) is 3.18. The molecule has 0 aromatic carbocycles. The number of nitrogens with two attached hydrogens (primary N) is 1. The van der Waals surface area contributed by atoms with Gasteiger partial charge in [0.2, 0.25) is 0 Å². The number of aromatic nitrogens is 2. The molecule has 112 valence electrons. The molecule has 0 radical (unpaired) electrons. The second-order valence-corrected chi connectivity index (χ2v) is 7.23. The summed E-state index contributed by atoms with van der Waals surface area (Å²) in [6.45, 7) is 5.02. The van der Waals surface area contributed by atoms with Crippen molar-refractivity contribution in [3.05, 3.63) is 11.4 Å². The highest BCUT2D eigenvalue weighted by molar-refractivity contribution is 7.91.